The fraction of sp³-hybridized carbons (Fsp3) is 0.200. The van der Waals surface area contributed by atoms with Crippen LogP contribution in [0, 0.1) is 24.0 Å². The van der Waals surface area contributed by atoms with Gasteiger partial charge in [0.2, 0.25) is 5.75 Å². The van der Waals surface area contributed by atoms with Crippen LogP contribution in [-0.4, -0.2) is 26.4 Å². The van der Waals surface area contributed by atoms with E-state index in [1.165, 1.54) is 11.1 Å². The number of hydrogen-bond acceptors (Lipinski definition) is 7. The molecule has 38 heavy (non-hydrogen) atoms. The molecular weight excluding hydrogens is 543 g/mol. The summed E-state index contributed by atoms with van der Waals surface area (Å²) in [6.45, 7) is 5.65. The summed E-state index contributed by atoms with van der Waals surface area (Å²) < 4.78 is 52.4. The van der Waals surface area contributed by atoms with Crippen LogP contribution in [-0.2, 0) is 11.0 Å². The van der Waals surface area contributed by atoms with Crippen LogP contribution in [0.5, 0.6) is 17.2 Å². The molecule has 0 spiro atoms. The third-order valence-corrected chi connectivity index (χ3v) is 6.76. The van der Waals surface area contributed by atoms with Crippen molar-refractivity contribution >= 4 is 46.0 Å². The molecule has 0 atom stereocenters. The molecule has 1 aliphatic rings. The maximum absolute atomic E-state index is 13.2. The molecule has 0 aliphatic carbocycles. The van der Waals surface area contributed by atoms with Gasteiger partial charge in [-0.1, -0.05) is 17.8 Å². The number of hydrogen-bond donors (Lipinski definition) is 0. The molecule has 0 unspecified atom stereocenters. The summed E-state index contributed by atoms with van der Waals surface area (Å²) >= 11 is 6.58. The van der Waals surface area contributed by atoms with Crippen molar-refractivity contribution in [1.29, 1.82) is 0 Å². The molecule has 1 amide bonds. The predicted octanol–water partition coefficient (Wildman–Crippen LogP) is 6.76. The Morgan fingerprint density at radius 1 is 1.05 bits per heavy atom. The van der Waals surface area contributed by atoms with Crippen LogP contribution in [0.1, 0.15) is 29.4 Å². The number of thiocarbonyl (C=S) groups is 1. The first-order valence-corrected chi connectivity index (χ1v) is 12.4. The van der Waals surface area contributed by atoms with Crippen LogP contribution in [0.2, 0.25) is 0 Å². The second-order valence-corrected chi connectivity index (χ2v) is 9.78. The van der Waals surface area contributed by atoms with E-state index in [-0.39, 0.29) is 29.8 Å². The third kappa shape index (κ3) is 5.38. The molecule has 3 aromatic rings. The van der Waals surface area contributed by atoms with Crippen molar-refractivity contribution in [2.24, 2.45) is 0 Å². The summed E-state index contributed by atoms with van der Waals surface area (Å²) in [5.74, 6) is -0.447. The number of aryl methyl sites for hydroxylation is 2. The van der Waals surface area contributed by atoms with E-state index in [1.54, 1.807) is 29.8 Å². The van der Waals surface area contributed by atoms with Crippen molar-refractivity contribution in [3.63, 3.8) is 0 Å². The van der Waals surface area contributed by atoms with Crippen molar-refractivity contribution in [2.45, 2.75) is 26.9 Å². The molecule has 0 radical (unpaired) electrons. The summed E-state index contributed by atoms with van der Waals surface area (Å²) in [5, 5.41) is 12.8. The minimum atomic E-state index is -4.75. The van der Waals surface area contributed by atoms with Gasteiger partial charge in [0.05, 0.1) is 22.0 Å². The first-order chi connectivity index (χ1) is 17.9. The Kier molecular flexibility index (Phi) is 7.51. The average molecular weight is 564 g/mol. The zero-order valence-corrected chi connectivity index (χ0v) is 21.9. The lowest BCUT2D eigenvalue weighted by atomic mass is 10.1. The smallest absolute Gasteiger partial charge is 0.416 e. The van der Waals surface area contributed by atoms with E-state index < -0.39 is 22.4 Å². The molecule has 13 heteroatoms. The van der Waals surface area contributed by atoms with E-state index in [0.717, 1.165) is 29.2 Å². The number of carbonyl (C=O) groups excluding carboxylic acids is 1. The highest BCUT2D eigenvalue weighted by molar-refractivity contribution is 8.27. The fourth-order valence-corrected chi connectivity index (χ4v) is 5.01. The second kappa shape index (κ2) is 10.5. The summed E-state index contributed by atoms with van der Waals surface area (Å²) in [7, 11) is 0. The Morgan fingerprint density at radius 3 is 2.32 bits per heavy atom. The third-order valence-electron chi connectivity index (χ3n) is 5.48. The molecule has 1 fully saturated rings. The van der Waals surface area contributed by atoms with E-state index in [9.17, 15) is 28.1 Å². The molecule has 198 valence electrons. The quantitative estimate of drug-likeness (QED) is 0.136. The highest BCUT2D eigenvalue weighted by Crippen LogP contribution is 2.41. The van der Waals surface area contributed by atoms with Gasteiger partial charge in [0.25, 0.3) is 5.91 Å². The van der Waals surface area contributed by atoms with Gasteiger partial charge in [0, 0.05) is 17.5 Å². The monoisotopic (exact) mass is 563 g/mol. The minimum absolute atomic E-state index is 0.0537. The molecular formula is C25H20F3N3O5S2. The first kappa shape index (κ1) is 27.2. The van der Waals surface area contributed by atoms with E-state index in [4.69, 9.17) is 21.7 Å². The number of nitrogens with zero attached hydrogens (tertiary/aromatic N) is 3. The molecule has 2 heterocycles. The van der Waals surface area contributed by atoms with Crippen LogP contribution in [0.3, 0.4) is 0 Å². The Balaban J connectivity index is 1.66. The van der Waals surface area contributed by atoms with E-state index in [1.807, 2.05) is 26.0 Å². The van der Waals surface area contributed by atoms with E-state index in [0.29, 0.717) is 26.9 Å². The number of thioether (sulfide) groups is 1. The van der Waals surface area contributed by atoms with Gasteiger partial charge in [-0.3, -0.25) is 19.6 Å². The zero-order chi connectivity index (χ0) is 27.8. The lowest BCUT2D eigenvalue weighted by Gasteiger charge is -2.20. The maximum Gasteiger partial charge on any atom is 0.416 e. The SMILES string of the molecule is CCOc1cc(/C=C2/SC(=S)N(n3c(C)ccc3C)C2=O)ccc1Oc1ccc(C(F)(F)F)cc1[N+](=O)[O-]. The van der Waals surface area contributed by atoms with Gasteiger partial charge in [0.15, 0.2) is 15.8 Å². The van der Waals surface area contributed by atoms with Gasteiger partial charge >= 0.3 is 11.9 Å². The standard InChI is InChI=1S/C25H20F3N3O5S2/c1-4-35-21-11-16(12-22-23(32)30(24(37)38-22)29-14(2)5-6-15(29)3)7-9-20(21)36-19-10-8-17(25(26,27)28)13-18(19)31(33)34/h5-13H,4H2,1-3H3/b22-12+. The van der Waals surface area contributed by atoms with Crippen molar-refractivity contribution in [1.82, 2.24) is 4.68 Å². The van der Waals surface area contributed by atoms with Crippen LogP contribution in [0.15, 0.2) is 53.4 Å². The number of alkyl halides is 3. The Morgan fingerprint density at radius 2 is 1.71 bits per heavy atom. The van der Waals surface area contributed by atoms with Crippen molar-refractivity contribution < 1.29 is 32.4 Å². The summed E-state index contributed by atoms with van der Waals surface area (Å²) in [4.78, 5) is 24.0. The zero-order valence-electron chi connectivity index (χ0n) is 20.2. The average Bonchev–Trinajstić information content (AvgIpc) is 3.31. The topological polar surface area (TPSA) is 86.8 Å². The van der Waals surface area contributed by atoms with Crippen LogP contribution < -0.4 is 14.5 Å². The first-order valence-electron chi connectivity index (χ1n) is 11.1. The Bertz CT molecular complexity index is 1460. The molecule has 4 rings (SSSR count). The maximum atomic E-state index is 13.2. The fourth-order valence-electron chi connectivity index (χ4n) is 3.77. The summed E-state index contributed by atoms with van der Waals surface area (Å²) in [5.41, 5.74) is 0.240. The molecule has 1 saturated heterocycles. The normalized spacial score (nSPS) is 14.9. The number of benzene rings is 2. The number of rotatable bonds is 7. The second-order valence-electron chi connectivity index (χ2n) is 8.10. The largest absolute Gasteiger partial charge is 0.490 e. The van der Waals surface area contributed by atoms with Crippen LogP contribution in [0.25, 0.3) is 6.08 Å². The molecule has 0 bridgehead atoms. The van der Waals surface area contributed by atoms with Gasteiger partial charge < -0.3 is 9.47 Å². The highest BCUT2D eigenvalue weighted by Gasteiger charge is 2.35. The molecule has 1 aromatic heterocycles. The van der Waals surface area contributed by atoms with E-state index in [2.05, 4.69) is 0 Å². The Labute approximate surface area is 224 Å². The van der Waals surface area contributed by atoms with Crippen molar-refractivity contribution in [3.8, 4) is 17.2 Å². The van der Waals surface area contributed by atoms with Crippen molar-refractivity contribution in [3.05, 3.63) is 86.1 Å². The number of carbonyl (C=O) groups is 1. The lowest BCUT2D eigenvalue weighted by molar-refractivity contribution is -0.385. The number of amides is 1. The van der Waals surface area contributed by atoms with Gasteiger partial charge in [-0.15, -0.1) is 0 Å². The molecule has 8 nitrogen and oxygen atoms in total. The van der Waals surface area contributed by atoms with Gasteiger partial charge in [-0.2, -0.15) is 18.2 Å². The van der Waals surface area contributed by atoms with Crippen LogP contribution in [0.4, 0.5) is 18.9 Å². The number of nitro benzene ring substituents is 1. The van der Waals surface area contributed by atoms with E-state index >= 15 is 0 Å². The number of halogens is 3. The summed E-state index contributed by atoms with van der Waals surface area (Å²) in [6.07, 6.45) is -3.12. The molecule has 0 saturated carbocycles. The molecule has 0 N–H and O–H groups in total. The molecule has 1 aliphatic heterocycles. The van der Waals surface area contributed by atoms with Crippen molar-refractivity contribution in [2.75, 3.05) is 11.6 Å². The molecule has 2 aromatic carbocycles. The Hall–Kier alpha value is -3.84. The minimum Gasteiger partial charge on any atom is -0.490 e. The predicted molar refractivity (Wildman–Crippen MR) is 141 cm³/mol. The van der Waals surface area contributed by atoms with Gasteiger partial charge in [0.1, 0.15) is 0 Å². The highest BCUT2D eigenvalue weighted by atomic mass is 32.2. The number of ether oxygens (including phenoxy) is 2. The van der Waals surface area contributed by atoms with Gasteiger partial charge in [-0.05, 0) is 81.0 Å². The summed E-state index contributed by atoms with van der Waals surface area (Å²) in [6, 6.07) is 10.4. The number of aromatic nitrogens is 1. The number of nitro groups is 1. The van der Waals surface area contributed by atoms with Gasteiger partial charge in [-0.25, -0.2) is 0 Å². The van der Waals surface area contributed by atoms with Crippen LogP contribution >= 0.6 is 24.0 Å². The lowest BCUT2D eigenvalue weighted by Crippen LogP contribution is -2.39.